The van der Waals surface area contributed by atoms with E-state index in [0.29, 0.717) is 0 Å². The first kappa shape index (κ1) is 9.03. The first-order valence-corrected chi connectivity index (χ1v) is 4.00. The van der Waals surface area contributed by atoms with Crippen LogP contribution < -0.4 is 0 Å². The van der Waals surface area contributed by atoms with Gasteiger partial charge in [-0.15, -0.1) is 11.6 Å². The van der Waals surface area contributed by atoms with Gasteiger partial charge in [-0.1, -0.05) is 11.6 Å². The molecule has 0 heterocycles. The summed E-state index contributed by atoms with van der Waals surface area (Å²) in [7, 11) is 0. The minimum Gasteiger partial charge on any atom is -0.127 e. The molecule has 9 heavy (non-hydrogen) atoms. The molecule has 0 amide bonds. The molecule has 0 saturated heterocycles. The van der Waals surface area contributed by atoms with Crippen molar-refractivity contribution in [2.45, 2.75) is 33.1 Å². The van der Waals surface area contributed by atoms with Crippen molar-refractivity contribution in [3.8, 4) is 0 Å². The van der Waals surface area contributed by atoms with E-state index in [4.69, 9.17) is 11.6 Å². The molecule has 0 aliphatic rings. The Morgan fingerprint density at radius 1 is 1.33 bits per heavy atom. The molecule has 1 heteroatoms. The van der Waals surface area contributed by atoms with E-state index >= 15 is 0 Å². The molecule has 54 valence electrons. The van der Waals surface area contributed by atoms with Gasteiger partial charge in [0.05, 0.1) is 0 Å². The third kappa shape index (κ3) is 8.03. The van der Waals surface area contributed by atoms with Crippen LogP contribution in [0.25, 0.3) is 0 Å². The van der Waals surface area contributed by atoms with Crippen LogP contribution in [0.15, 0.2) is 11.6 Å². The predicted octanol–water partition coefficient (Wildman–Crippen LogP) is 3.36. The van der Waals surface area contributed by atoms with Gasteiger partial charge in [-0.25, -0.2) is 0 Å². The summed E-state index contributed by atoms with van der Waals surface area (Å²) in [6.45, 7) is 4.25. The summed E-state index contributed by atoms with van der Waals surface area (Å²) in [5, 5.41) is 0. The standard InChI is InChI=1S/C8H15Cl/c1-8(2)6-4-3-5-7-9/h6H,3-5,7H2,1-2H3. The molecule has 0 aromatic rings. The van der Waals surface area contributed by atoms with Gasteiger partial charge in [-0.05, 0) is 33.1 Å². The lowest BCUT2D eigenvalue weighted by molar-refractivity contribution is 0.816. The van der Waals surface area contributed by atoms with E-state index in [1.165, 1.54) is 18.4 Å². The molecule has 0 fully saturated rings. The highest BCUT2D eigenvalue weighted by Crippen LogP contribution is 2.00. The number of hydrogen-bond acceptors (Lipinski definition) is 0. The summed E-state index contributed by atoms with van der Waals surface area (Å²) in [4.78, 5) is 0. The fourth-order valence-corrected chi connectivity index (χ4v) is 0.819. The number of alkyl halides is 1. The molecule has 0 aliphatic heterocycles. The summed E-state index contributed by atoms with van der Waals surface area (Å²) in [5.74, 6) is 0.802. The zero-order valence-electron chi connectivity index (χ0n) is 6.28. The molecule has 0 aromatic carbocycles. The largest absolute Gasteiger partial charge is 0.127 e. The van der Waals surface area contributed by atoms with Crippen molar-refractivity contribution < 1.29 is 0 Å². The van der Waals surface area contributed by atoms with Crippen molar-refractivity contribution in [3.63, 3.8) is 0 Å². The van der Waals surface area contributed by atoms with Crippen LogP contribution in [0.4, 0.5) is 0 Å². The number of halogens is 1. The van der Waals surface area contributed by atoms with E-state index in [1.54, 1.807) is 0 Å². The Hall–Kier alpha value is 0.0300. The molecular weight excluding hydrogens is 132 g/mol. The van der Waals surface area contributed by atoms with Crippen LogP contribution in [-0.4, -0.2) is 5.88 Å². The van der Waals surface area contributed by atoms with Gasteiger partial charge >= 0.3 is 0 Å². The van der Waals surface area contributed by atoms with Gasteiger partial charge in [0.25, 0.3) is 0 Å². The van der Waals surface area contributed by atoms with Crippen LogP contribution in [0, 0.1) is 0 Å². The van der Waals surface area contributed by atoms with E-state index in [2.05, 4.69) is 19.9 Å². The Bertz CT molecular complexity index is 80.6. The second-order valence-corrected chi connectivity index (χ2v) is 2.84. The van der Waals surface area contributed by atoms with E-state index in [9.17, 15) is 0 Å². The lowest BCUT2D eigenvalue weighted by atomic mass is 10.2. The quantitative estimate of drug-likeness (QED) is 0.324. The minimum atomic E-state index is 0.802. The fraction of sp³-hybridized carbons (Fsp3) is 0.750. The maximum Gasteiger partial charge on any atom is 0.0223 e. The van der Waals surface area contributed by atoms with Gasteiger partial charge in [-0.3, -0.25) is 0 Å². The summed E-state index contributed by atoms with van der Waals surface area (Å²) in [6.07, 6.45) is 5.82. The SMILES string of the molecule is CC(C)=CCCCCCl. The highest BCUT2D eigenvalue weighted by atomic mass is 35.5. The lowest BCUT2D eigenvalue weighted by Crippen LogP contribution is -1.74. The molecule has 0 nitrogen and oxygen atoms in total. The molecule has 0 saturated carbocycles. The third-order valence-electron chi connectivity index (χ3n) is 1.14. The van der Waals surface area contributed by atoms with Crippen LogP contribution in [0.5, 0.6) is 0 Å². The number of rotatable bonds is 4. The van der Waals surface area contributed by atoms with Crippen molar-refractivity contribution >= 4 is 11.6 Å². The predicted molar refractivity (Wildman–Crippen MR) is 44.0 cm³/mol. The summed E-state index contributed by atoms with van der Waals surface area (Å²) in [5.41, 5.74) is 1.41. The molecule has 0 aliphatic carbocycles. The maximum atomic E-state index is 5.50. The average molecular weight is 147 g/mol. The summed E-state index contributed by atoms with van der Waals surface area (Å²) < 4.78 is 0. The third-order valence-corrected chi connectivity index (χ3v) is 1.41. The zero-order chi connectivity index (χ0) is 7.11. The molecule has 0 aromatic heterocycles. The Labute approximate surface area is 62.9 Å². The van der Waals surface area contributed by atoms with Gasteiger partial charge in [0.2, 0.25) is 0 Å². The van der Waals surface area contributed by atoms with Crippen LogP contribution in [0.2, 0.25) is 0 Å². The molecule has 0 bridgehead atoms. The molecule has 0 radical (unpaired) electrons. The van der Waals surface area contributed by atoms with Gasteiger partial charge in [0.15, 0.2) is 0 Å². The summed E-state index contributed by atoms with van der Waals surface area (Å²) >= 11 is 5.50. The Kier molecular flexibility index (Phi) is 6.18. The fourth-order valence-electron chi connectivity index (χ4n) is 0.630. The number of allylic oxidation sites excluding steroid dienone is 2. The minimum absolute atomic E-state index is 0.802. The highest BCUT2D eigenvalue weighted by Gasteiger charge is 1.82. The topological polar surface area (TPSA) is 0 Å². The monoisotopic (exact) mass is 146 g/mol. The molecule has 0 spiro atoms. The average Bonchev–Trinajstić information content (AvgIpc) is 1.80. The molecule has 0 unspecified atom stereocenters. The smallest absolute Gasteiger partial charge is 0.0223 e. The maximum absolute atomic E-state index is 5.50. The van der Waals surface area contributed by atoms with Gasteiger partial charge in [-0.2, -0.15) is 0 Å². The van der Waals surface area contributed by atoms with E-state index in [1.807, 2.05) is 0 Å². The number of unbranched alkanes of at least 4 members (excludes halogenated alkanes) is 2. The lowest BCUT2D eigenvalue weighted by Gasteiger charge is -1.91. The molecular formula is C8H15Cl. The van der Waals surface area contributed by atoms with Crippen molar-refractivity contribution in [1.82, 2.24) is 0 Å². The van der Waals surface area contributed by atoms with Crippen molar-refractivity contribution in [2.75, 3.05) is 5.88 Å². The van der Waals surface area contributed by atoms with Crippen molar-refractivity contribution in [1.29, 1.82) is 0 Å². The van der Waals surface area contributed by atoms with Crippen LogP contribution in [0.3, 0.4) is 0 Å². The number of hydrogen-bond donors (Lipinski definition) is 0. The first-order chi connectivity index (χ1) is 4.27. The van der Waals surface area contributed by atoms with Crippen LogP contribution in [0.1, 0.15) is 33.1 Å². The Morgan fingerprint density at radius 2 is 2.00 bits per heavy atom. The zero-order valence-corrected chi connectivity index (χ0v) is 7.04. The van der Waals surface area contributed by atoms with Gasteiger partial charge in [0.1, 0.15) is 0 Å². The normalized spacial score (nSPS) is 9.22. The van der Waals surface area contributed by atoms with Crippen LogP contribution >= 0.6 is 11.6 Å². The molecule has 0 N–H and O–H groups in total. The van der Waals surface area contributed by atoms with Gasteiger partial charge < -0.3 is 0 Å². The van der Waals surface area contributed by atoms with Crippen molar-refractivity contribution in [2.24, 2.45) is 0 Å². The van der Waals surface area contributed by atoms with E-state index in [-0.39, 0.29) is 0 Å². The highest BCUT2D eigenvalue weighted by molar-refractivity contribution is 6.17. The van der Waals surface area contributed by atoms with Crippen molar-refractivity contribution in [3.05, 3.63) is 11.6 Å². The molecule has 0 atom stereocenters. The molecule has 0 rings (SSSR count). The van der Waals surface area contributed by atoms with Gasteiger partial charge in [0, 0.05) is 5.88 Å². The van der Waals surface area contributed by atoms with Crippen LogP contribution in [-0.2, 0) is 0 Å². The Morgan fingerprint density at radius 3 is 2.44 bits per heavy atom. The van der Waals surface area contributed by atoms with E-state index in [0.717, 1.165) is 12.3 Å². The van der Waals surface area contributed by atoms with E-state index < -0.39 is 0 Å². The summed E-state index contributed by atoms with van der Waals surface area (Å²) in [6, 6.07) is 0. The first-order valence-electron chi connectivity index (χ1n) is 3.46. The second-order valence-electron chi connectivity index (χ2n) is 2.47. The second kappa shape index (κ2) is 6.15. The Balaban J connectivity index is 3.00.